The predicted molar refractivity (Wildman–Crippen MR) is 68.1 cm³/mol. The molecule has 0 bridgehead atoms. The fraction of sp³-hybridized carbons (Fsp3) is 0.538. The molecular formula is C13H19N3O. The van der Waals surface area contributed by atoms with Gasteiger partial charge in [-0.15, -0.1) is 0 Å². The predicted octanol–water partition coefficient (Wildman–Crippen LogP) is 2.00. The standard InChI is InChI=1S/C13H19N3O/c1-16(2)13(17)12-9-11(6-8-15-12)14-7-5-10-3-4-10/h6,8-10H,3-5,7H2,1-2H3,(H,14,15). The van der Waals surface area contributed by atoms with Crippen LogP contribution in [-0.2, 0) is 0 Å². The quantitative estimate of drug-likeness (QED) is 0.846. The van der Waals surface area contributed by atoms with E-state index in [9.17, 15) is 4.79 Å². The molecule has 0 spiro atoms. The lowest BCUT2D eigenvalue weighted by atomic mass is 10.2. The van der Waals surface area contributed by atoms with Crippen molar-refractivity contribution in [2.45, 2.75) is 19.3 Å². The molecule has 0 saturated heterocycles. The summed E-state index contributed by atoms with van der Waals surface area (Å²) in [7, 11) is 3.47. The molecule has 1 heterocycles. The van der Waals surface area contributed by atoms with Crippen molar-refractivity contribution in [2.75, 3.05) is 26.0 Å². The molecule has 0 atom stereocenters. The minimum absolute atomic E-state index is 0.0594. The van der Waals surface area contributed by atoms with Crippen molar-refractivity contribution in [1.82, 2.24) is 9.88 Å². The van der Waals surface area contributed by atoms with E-state index < -0.39 is 0 Å². The molecule has 1 aliphatic rings. The molecule has 2 rings (SSSR count). The third-order valence-electron chi connectivity index (χ3n) is 2.96. The van der Waals surface area contributed by atoms with E-state index in [1.54, 1.807) is 20.3 Å². The van der Waals surface area contributed by atoms with Gasteiger partial charge in [0.2, 0.25) is 0 Å². The van der Waals surface area contributed by atoms with Gasteiger partial charge in [0.1, 0.15) is 5.69 Å². The second kappa shape index (κ2) is 5.17. The second-order valence-corrected chi connectivity index (χ2v) is 4.79. The maximum Gasteiger partial charge on any atom is 0.272 e. The van der Waals surface area contributed by atoms with Gasteiger partial charge in [-0.2, -0.15) is 0 Å². The van der Waals surface area contributed by atoms with Crippen LogP contribution in [-0.4, -0.2) is 36.4 Å². The Morgan fingerprint density at radius 1 is 1.53 bits per heavy atom. The zero-order valence-electron chi connectivity index (χ0n) is 10.4. The van der Waals surface area contributed by atoms with Crippen LogP contribution in [0.4, 0.5) is 5.69 Å². The average molecular weight is 233 g/mol. The molecule has 1 saturated carbocycles. The van der Waals surface area contributed by atoms with Gasteiger partial charge < -0.3 is 10.2 Å². The zero-order chi connectivity index (χ0) is 12.3. The summed E-state index contributed by atoms with van der Waals surface area (Å²) in [5, 5.41) is 3.34. The lowest BCUT2D eigenvalue weighted by Crippen LogP contribution is -2.22. The molecule has 92 valence electrons. The van der Waals surface area contributed by atoms with Crippen LogP contribution in [0.15, 0.2) is 18.3 Å². The van der Waals surface area contributed by atoms with E-state index in [0.717, 1.165) is 18.2 Å². The maximum atomic E-state index is 11.7. The van der Waals surface area contributed by atoms with Gasteiger partial charge in [0.05, 0.1) is 0 Å². The third kappa shape index (κ3) is 3.44. The number of nitrogens with zero attached hydrogens (tertiary/aromatic N) is 2. The molecule has 0 radical (unpaired) electrons. The van der Waals surface area contributed by atoms with Crippen LogP contribution >= 0.6 is 0 Å². The van der Waals surface area contributed by atoms with Gasteiger partial charge in [-0.25, -0.2) is 0 Å². The zero-order valence-corrected chi connectivity index (χ0v) is 10.4. The van der Waals surface area contributed by atoms with Crippen molar-refractivity contribution in [3.05, 3.63) is 24.0 Å². The van der Waals surface area contributed by atoms with Crippen LogP contribution in [0.3, 0.4) is 0 Å². The first-order valence-corrected chi connectivity index (χ1v) is 6.08. The Kier molecular flexibility index (Phi) is 3.61. The SMILES string of the molecule is CN(C)C(=O)c1cc(NCCC2CC2)ccn1. The molecule has 1 amide bonds. The number of amides is 1. The molecular weight excluding hydrogens is 214 g/mol. The first-order chi connectivity index (χ1) is 8.16. The molecule has 4 nitrogen and oxygen atoms in total. The number of carbonyl (C=O) groups excluding carboxylic acids is 1. The Bertz CT molecular complexity index is 399. The smallest absolute Gasteiger partial charge is 0.272 e. The Balaban J connectivity index is 1.92. The second-order valence-electron chi connectivity index (χ2n) is 4.79. The monoisotopic (exact) mass is 233 g/mol. The van der Waals surface area contributed by atoms with E-state index in [0.29, 0.717) is 5.69 Å². The van der Waals surface area contributed by atoms with E-state index in [4.69, 9.17) is 0 Å². The summed E-state index contributed by atoms with van der Waals surface area (Å²) in [4.78, 5) is 17.3. The number of hydrogen-bond donors (Lipinski definition) is 1. The fourth-order valence-electron chi connectivity index (χ4n) is 1.71. The maximum absolute atomic E-state index is 11.7. The van der Waals surface area contributed by atoms with Crippen LogP contribution in [0, 0.1) is 5.92 Å². The number of rotatable bonds is 5. The van der Waals surface area contributed by atoms with Gasteiger partial charge in [0.25, 0.3) is 5.91 Å². The van der Waals surface area contributed by atoms with Gasteiger partial charge >= 0.3 is 0 Å². The molecule has 0 aliphatic heterocycles. The normalized spacial score (nSPS) is 14.5. The highest BCUT2D eigenvalue weighted by Crippen LogP contribution is 2.32. The largest absolute Gasteiger partial charge is 0.385 e. The summed E-state index contributed by atoms with van der Waals surface area (Å²) in [6.07, 6.45) is 5.65. The van der Waals surface area contributed by atoms with Crippen LogP contribution in [0.25, 0.3) is 0 Å². The minimum atomic E-state index is -0.0594. The summed E-state index contributed by atoms with van der Waals surface area (Å²) in [6, 6.07) is 3.72. The molecule has 1 N–H and O–H groups in total. The average Bonchev–Trinajstić information content (AvgIpc) is 3.12. The van der Waals surface area contributed by atoms with E-state index in [1.807, 2.05) is 12.1 Å². The van der Waals surface area contributed by atoms with Gasteiger partial charge in [0.15, 0.2) is 0 Å². The Morgan fingerprint density at radius 2 is 2.29 bits per heavy atom. The summed E-state index contributed by atoms with van der Waals surface area (Å²) >= 11 is 0. The van der Waals surface area contributed by atoms with E-state index in [-0.39, 0.29) is 5.91 Å². The van der Waals surface area contributed by atoms with Crippen molar-refractivity contribution in [3.63, 3.8) is 0 Å². The summed E-state index contributed by atoms with van der Waals surface area (Å²) in [5.41, 5.74) is 1.47. The van der Waals surface area contributed by atoms with Crippen LogP contribution in [0.2, 0.25) is 0 Å². The van der Waals surface area contributed by atoms with Crippen molar-refractivity contribution < 1.29 is 4.79 Å². The molecule has 0 unspecified atom stereocenters. The molecule has 1 fully saturated rings. The highest BCUT2D eigenvalue weighted by atomic mass is 16.2. The Hall–Kier alpha value is -1.58. The Morgan fingerprint density at radius 3 is 2.94 bits per heavy atom. The lowest BCUT2D eigenvalue weighted by Gasteiger charge is -2.11. The summed E-state index contributed by atoms with van der Waals surface area (Å²) < 4.78 is 0. The number of aromatic nitrogens is 1. The molecule has 1 aromatic rings. The highest BCUT2D eigenvalue weighted by molar-refractivity contribution is 5.92. The van der Waals surface area contributed by atoms with Gasteiger partial charge in [0, 0.05) is 32.5 Å². The van der Waals surface area contributed by atoms with Crippen molar-refractivity contribution >= 4 is 11.6 Å². The van der Waals surface area contributed by atoms with Gasteiger partial charge in [-0.05, 0) is 24.5 Å². The number of carbonyl (C=O) groups is 1. The topological polar surface area (TPSA) is 45.2 Å². The number of anilines is 1. The summed E-state index contributed by atoms with van der Waals surface area (Å²) in [5.74, 6) is 0.864. The number of hydrogen-bond acceptors (Lipinski definition) is 3. The van der Waals surface area contributed by atoms with Crippen LogP contribution in [0.1, 0.15) is 29.8 Å². The molecule has 17 heavy (non-hydrogen) atoms. The lowest BCUT2D eigenvalue weighted by molar-refractivity contribution is 0.0822. The number of nitrogens with one attached hydrogen (secondary N) is 1. The number of pyridine rings is 1. The third-order valence-corrected chi connectivity index (χ3v) is 2.96. The van der Waals surface area contributed by atoms with Crippen molar-refractivity contribution in [3.8, 4) is 0 Å². The van der Waals surface area contributed by atoms with E-state index in [1.165, 1.54) is 24.2 Å². The van der Waals surface area contributed by atoms with Crippen molar-refractivity contribution in [2.24, 2.45) is 5.92 Å². The molecule has 4 heteroatoms. The van der Waals surface area contributed by atoms with Gasteiger partial charge in [-0.1, -0.05) is 12.8 Å². The molecule has 0 aromatic carbocycles. The van der Waals surface area contributed by atoms with Crippen molar-refractivity contribution in [1.29, 1.82) is 0 Å². The molecule has 1 aliphatic carbocycles. The van der Waals surface area contributed by atoms with Gasteiger partial charge in [-0.3, -0.25) is 9.78 Å². The minimum Gasteiger partial charge on any atom is -0.385 e. The van der Waals surface area contributed by atoms with Crippen LogP contribution < -0.4 is 5.32 Å². The van der Waals surface area contributed by atoms with Crippen LogP contribution in [0.5, 0.6) is 0 Å². The summed E-state index contributed by atoms with van der Waals surface area (Å²) in [6.45, 7) is 0.976. The first-order valence-electron chi connectivity index (χ1n) is 6.08. The Labute approximate surface area is 102 Å². The highest BCUT2D eigenvalue weighted by Gasteiger charge is 2.20. The fourth-order valence-corrected chi connectivity index (χ4v) is 1.71. The first kappa shape index (κ1) is 11.9. The molecule has 1 aromatic heterocycles. The van der Waals surface area contributed by atoms with E-state index >= 15 is 0 Å². The van der Waals surface area contributed by atoms with E-state index in [2.05, 4.69) is 10.3 Å².